The summed E-state index contributed by atoms with van der Waals surface area (Å²) in [6, 6.07) is 60.2. The number of para-hydroxylation sites is 1. The molecule has 5 aliphatic rings. The second kappa shape index (κ2) is 28.9. The van der Waals surface area contributed by atoms with Crippen molar-refractivity contribution in [2.24, 2.45) is 0 Å². The molecule has 0 unspecified atom stereocenters. The third-order valence-corrected chi connectivity index (χ3v) is 18.7. The molecule has 0 saturated carbocycles. The molecular weight excluding hydrogens is 1220 g/mol. The Balaban J connectivity index is 0.000000126. The van der Waals surface area contributed by atoms with Gasteiger partial charge in [0.25, 0.3) is 0 Å². The molecule has 4 aliphatic heterocycles. The number of carbonyl (C=O) groups is 1. The van der Waals surface area contributed by atoms with Crippen molar-refractivity contribution in [2.45, 2.75) is 102 Å². The molecular formula is C82H78N8O8. The van der Waals surface area contributed by atoms with E-state index < -0.39 is 5.60 Å². The molecule has 3 saturated heterocycles. The van der Waals surface area contributed by atoms with Crippen LogP contribution in [0.2, 0.25) is 0 Å². The first-order chi connectivity index (χ1) is 47.9. The average Bonchev–Trinajstić information content (AvgIpc) is 1.62. The van der Waals surface area contributed by atoms with Gasteiger partial charge < -0.3 is 58.0 Å². The van der Waals surface area contributed by atoms with Gasteiger partial charge in [-0.2, -0.15) is 15.8 Å². The van der Waals surface area contributed by atoms with Crippen molar-refractivity contribution in [3.8, 4) is 80.2 Å². The topological polar surface area (TPSA) is 219 Å². The Morgan fingerprint density at radius 2 is 0.878 bits per heavy atom. The van der Waals surface area contributed by atoms with Gasteiger partial charge in [-0.1, -0.05) is 84.9 Å². The lowest BCUT2D eigenvalue weighted by atomic mass is 9.99. The number of nitrogens with one attached hydrogen (secondary N) is 4. The van der Waals surface area contributed by atoms with Gasteiger partial charge in [0, 0.05) is 100 Å². The Kier molecular flexibility index (Phi) is 19.0. The number of hydrogen-bond acceptors (Lipinski definition) is 11. The fourth-order valence-electron chi connectivity index (χ4n) is 13.6. The second-order valence-corrected chi connectivity index (χ2v) is 26.6. The lowest BCUT2D eigenvalue weighted by molar-refractivity contribution is 0.0252. The average molecular weight is 1300 g/mol. The summed E-state index contributed by atoms with van der Waals surface area (Å²) in [6.07, 6.45) is 13.0. The Bertz CT molecular complexity index is 4910. The van der Waals surface area contributed by atoms with Crippen LogP contribution in [-0.4, -0.2) is 108 Å². The molecule has 4 aromatic heterocycles. The largest absolute Gasteiger partial charge is 0.489 e. The highest BCUT2D eigenvalue weighted by Crippen LogP contribution is 2.40. The Morgan fingerprint density at radius 3 is 1.31 bits per heavy atom. The lowest BCUT2D eigenvalue weighted by Crippen LogP contribution is -2.35. The smallest absolute Gasteiger partial charge is 0.410 e. The van der Waals surface area contributed by atoms with Crippen LogP contribution >= 0.6 is 0 Å². The van der Waals surface area contributed by atoms with E-state index in [2.05, 4.69) is 129 Å². The minimum atomic E-state index is -0.524. The van der Waals surface area contributed by atoms with Crippen LogP contribution in [0.15, 0.2) is 170 Å². The summed E-state index contributed by atoms with van der Waals surface area (Å²) in [5.41, 5.74) is 18.4. The van der Waals surface area contributed by atoms with E-state index in [1.165, 1.54) is 28.5 Å². The SMILES string of the molecule is CC(C)(C)OC(=O)N1CC=C(c2cc3c(-c4ccc(OC5CCOCC5)c(C#N)c4)cccc3[nH]2)C1.N#Cc1cc(-c2cccc3[nH]c(-c4cc5ccccc5[nH]4)cc23)ccc1OC1CCOCC1.N#Cc1cc(-c2cccc3[nH]c(C4=CCCC4)cc23)ccc1OC1CCOCC1. The summed E-state index contributed by atoms with van der Waals surface area (Å²) < 4.78 is 40.1. The lowest BCUT2D eigenvalue weighted by Gasteiger charge is -2.24. The molecule has 16 rings (SSSR count). The fraction of sp³-hybridized carbons (Fsp3) is 0.293. The zero-order valence-electron chi connectivity index (χ0n) is 55.5. The molecule has 3 fully saturated rings. The number of aromatic nitrogens is 4. The number of amides is 1. The molecule has 1 amide bonds. The zero-order valence-corrected chi connectivity index (χ0v) is 55.5. The van der Waals surface area contributed by atoms with Gasteiger partial charge in [0.2, 0.25) is 0 Å². The van der Waals surface area contributed by atoms with Gasteiger partial charge in [-0.25, -0.2) is 4.79 Å². The van der Waals surface area contributed by atoms with Crippen molar-refractivity contribution >= 4 is 60.9 Å². The minimum absolute atomic E-state index is 0.0762. The maximum absolute atomic E-state index is 12.5. The molecule has 0 spiro atoms. The minimum Gasteiger partial charge on any atom is -0.489 e. The Labute approximate surface area is 570 Å². The number of rotatable bonds is 12. The van der Waals surface area contributed by atoms with Crippen LogP contribution in [0.25, 0.3) is 99.5 Å². The Morgan fingerprint density at radius 1 is 0.469 bits per heavy atom. The number of aromatic amines is 4. The molecule has 4 N–H and O–H groups in total. The van der Waals surface area contributed by atoms with Gasteiger partial charge in [0.1, 0.15) is 59.4 Å². The summed E-state index contributed by atoms with van der Waals surface area (Å²) >= 11 is 0. The normalized spacial score (nSPS) is 16.1. The van der Waals surface area contributed by atoms with Crippen LogP contribution < -0.4 is 14.2 Å². The van der Waals surface area contributed by atoms with Gasteiger partial charge >= 0.3 is 6.09 Å². The standard InChI is InChI=1S/C29H31N3O4.C28H23N3O2.C25H24N2O2/c1-29(2,3)36-28(33)32-12-9-20(18-32)26-16-24-23(5-4-6-25(24)31-26)19-7-8-27(21(15-19)17-30)35-22-10-13-34-14-11-22;29-17-20-14-18(8-9-28(20)33-21-10-12-32-13-11-21)22-5-3-7-25-23(22)16-27(31-25)26-15-19-4-1-2-6-24(19)30-26;26-16-19-14-18(8-9-25(19)29-20-10-12-28-13-11-20)21-6-3-7-23-22(21)15-24(27-23)17-4-1-2-5-17/h4-9,15-16,22,31H,10-14,18H2,1-3H3;1-9,14-16,21,30-31H,10-13H2;3-4,6-9,14-15,20,27H,1-2,5,10-13H2. The summed E-state index contributed by atoms with van der Waals surface area (Å²) in [6.45, 7) is 10.9. The number of nitrogens with zero attached hydrogens (tertiary/aromatic N) is 4. The predicted molar refractivity (Wildman–Crippen MR) is 384 cm³/mol. The van der Waals surface area contributed by atoms with E-state index in [9.17, 15) is 20.6 Å². The highest BCUT2D eigenvalue weighted by atomic mass is 16.6. The monoisotopic (exact) mass is 1300 g/mol. The van der Waals surface area contributed by atoms with Crippen LogP contribution in [0.5, 0.6) is 17.2 Å². The predicted octanol–water partition coefficient (Wildman–Crippen LogP) is 18.1. The van der Waals surface area contributed by atoms with E-state index in [0.29, 0.717) is 73.5 Å². The van der Waals surface area contributed by atoms with Crippen LogP contribution in [-0.2, 0) is 18.9 Å². The maximum atomic E-state index is 12.5. The van der Waals surface area contributed by atoms with E-state index >= 15 is 0 Å². The van der Waals surface area contributed by atoms with E-state index in [1.807, 2.05) is 99.6 Å². The number of carbonyl (C=O) groups excluding carboxylic acids is 1. The van der Waals surface area contributed by atoms with Crippen LogP contribution in [0.3, 0.4) is 0 Å². The molecule has 98 heavy (non-hydrogen) atoms. The van der Waals surface area contributed by atoms with Crippen molar-refractivity contribution < 1.29 is 38.0 Å². The highest BCUT2D eigenvalue weighted by molar-refractivity contribution is 6.01. The third kappa shape index (κ3) is 14.5. The summed E-state index contributed by atoms with van der Waals surface area (Å²) in [4.78, 5) is 28.3. The van der Waals surface area contributed by atoms with Gasteiger partial charge in [0.15, 0.2) is 0 Å². The van der Waals surface area contributed by atoms with Crippen LogP contribution in [0.1, 0.15) is 107 Å². The number of H-pyrrole nitrogens is 4. The van der Waals surface area contributed by atoms with Gasteiger partial charge in [-0.15, -0.1) is 0 Å². The second-order valence-electron chi connectivity index (χ2n) is 26.6. The first-order valence-corrected chi connectivity index (χ1v) is 34.1. The number of ether oxygens (including phenoxy) is 7. The molecule has 8 heterocycles. The molecule has 16 heteroatoms. The van der Waals surface area contributed by atoms with Crippen LogP contribution in [0.4, 0.5) is 4.79 Å². The van der Waals surface area contributed by atoms with Crippen molar-refractivity contribution in [1.82, 2.24) is 24.8 Å². The van der Waals surface area contributed by atoms with E-state index in [0.717, 1.165) is 153 Å². The molecule has 11 aromatic rings. The summed E-state index contributed by atoms with van der Waals surface area (Å²) in [5.74, 6) is 1.93. The Hall–Kier alpha value is -10.8. The van der Waals surface area contributed by atoms with Crippen molar-refractivity contribution in [2.75, 3.05) is 52.7 Å². The third-order valence-electron chi connectivity index (χ3n) is 18.7. The molecule has 0 bridgehead atoms. The van der Waals surface area contributed by atoms with Gasteiger partial charge in [0.05, 0.1) is 74.3 Å². The molecule has 1 aliphatic carbocycles. The van der Waals surface area contributed by atoms with Crippen LogP contribution in [0, 0.1) is 34.0 Å². The molecule has 7 aromatic carbocycles. The van der Waals surface area contributed by atoms with E-state index in [1.54, 1.807) is 4.90 Å². The van der Waals surface area contributed by atoms with E-state index in [4.69, 9.17) is 33.2 Å². The summed E-state index contributed by atoms with van der Waals surface area (Å²) in [5, 5.41) is 33.9. The van der Waals surface area contributed by atoms with Gasteiger partial charge in [-0.05, 0) is 169 Å². The highest BCUT2D eigenvalue weighted by Gasteiger charge is 2.28. The van der Waals surface area contributed by atoms with Crippen molar-refractivity contribution in [3.05, 3.63) is 198 Å². The molecule has 494 valence electrons. The van der Waals surface area contributed by atoms with Crippen molar-refractivity contribution in [3.63, 3.8) is 0 Å². The first kappa shape index (κ1) is 64.5. The zero-order chi connectivity index (χ0) is 67.1. The number of benzene rings is 7. The summed E-state index contributed by atoms with van der Waals surface area (Å²) in [7, 11) is 0. The maximum Gasteiger partial charge on any atom is 0.410 e. The molecule has 0 atom stereocenters. The quantitative estimate of drug-likeness (QED) is 0.0901. The number of hydrogen-bond donors (Lipinski definition) is 4. The van der Waals surface area contributed by atoms with Gasteiger partial charge in [-0.3, -0.25) is 0 Å². The first-order valence-electron chi connectivity index (χ1n) is 34.1. The molecule has 0 radical (unpaired) electrons. The van der Waals surface area contributed by atoms with Crippen molar-refractivity contribution in [1.29, 1.82) is 15.8 Å². The number of allylic oxidation sites excluding steroid dienone is 2. The fourth-order valence-corrected chi connectivity index (χ4v) is 13.6. The van der Waals surface area contributed by atoms with E-state index in [-0.39, 0.29) is 24.4 Å². The number of nitriles is 3. The molecule has 16 nitrogen and oxygen atoms in total. The number of fused-ring (bicyclic) bond motifs is 4.